The van der Waals surface area contributed by atoms with Crippen LogP contribution in [0.2, 0.25) is 0 Å². The number of aliphatic hydroxyl groups is 4. The molecule has 0 aliphatic heterocycles. The van der Waals surface area contributed by atoms with Crippen molar-refractivity contribution in [2.75, 3.05) is 0 Å². The summed E-state index contributed by atoms with van der Waals surface area (Å²) in [6, 6.07) is 21.2. The molecular weight excluding hydrogens is 1070 g/mol. The third kappa shape index (κ3) is 17.0. The fraction of sp³-hybridized carbons (Fsp3) is 0.507. The standard InChI is InChI=1S/C73H100O12/c1-41(45-29-33-49(65(5,6)7)53(37-45)69(17,18)19)57(74)61(78)82-73(83-62(79)58(75)42(2)46-30-34-50(66(8,9)10)54(38-46)70(20,21)22,84-63(80)59(76)43(3)47-31-35-51(67(11,12)13)55(39-47)71(23,24)25)85-64(81)60(77)44(4)48-32-36-52(68(14,15)16)56(40-48)72(26,27)28/h29-40,57-60,74-77H,1-4H2,5-28H3. The molecule has 4 aromatic rings. The Labute approximate surface area is 508 Å². The van der Waals surface area contributed by atoms with Crippen molar-refractivity contribution >= 4 is 46.2 Å². The Balaban J connectivity index is 2.02. The first-order chi connectivity index (χ1) is 38.2. The van der Waals surface area contributed by atoms with E-state index in [4.69, 9.17) is 18.9 Å². The monoisotopic (exact) mass is 1170 g/mol. The SMILES string of the molecule is C=C(c1ccc(C(C)(C)C)c(C(C)(C)C)c1)C(O)C(=O)OC(OC(=O)C(O)C(=C)c1ccc(C(C)(C)C)c(C(C)(C)C)c1)(OC(=O)C(O)C(=C)c1ccc(C(C)(C)C)c(C(C)(C)C)c1)OC(=O)C(O)C(=C)c1ccc(C(C)(C)C)c(C(C)(C)C)c1. The molecule has 0 aromatic heterocycles. The van der Waals surface area contributed by atoms with Crippen molar-refractivity contribution in [3.05, 3.63) is 166 Å². The number of ether oxygens (including phenoxy) is 4. The molecule has 0 saturated heterocycles. The van der Waals surface area contributed by atoms with E-state index in [1.54, 1.807) is 48.5 Å². The second-order valence-electron chi connectivity index (χ2n) is 30.9. The van der Waals surface area contributed by atoms with E-state index >= 15 is 0 Å². The Kier molecular flexibility index (Phi) is 20.7. The van der Waals surface area contributed by atoms with Crippen LogP contribution < -0.4 is 0 Å². The summed E-state index contributed by atoms with van der Waals surface area (Å²) in [5, 5.41) is 48.0. The number of rotatable bonds is 16. The summed E-state index contributed by atoms with van der Waals surface area (Å²) in [4.78, 5) is 59.1. The molecule has 0 spiro atoms. The van der Waals surface area contributed by atoms with Gasteiger partial charge in [-0.2, -0.15) is 0 Å². The predicted octanol–water partition coefficient (Wildman–Crippen LogP) is 14.4. The molecule has 12 nitrogen and oxygen atoms in total. The molecule has 0 saturated carbocycles. The molecule has 0 aliphatic carbocycles. The van der Waals surface area contributed by atoms with Gasteiger partial charge in [-0.05, 0) is 132 Å². The van der Waals surface area contributed by atoms with Gasteiger partial charge in [0.1, 0.15) is 0 Å². The van der Waals surface area contributed by atoms with Crippen LogP contribution in [0.25, 0.3) is 22.3 Å². The highest BCUT2D eigenvalue weighted by atomic mass is 17.0. The highest BCUT2D eigenvalue weighted by molar-refractivity contribution is 5.95. The molecule has 4 rings (SSSR count). The Bertz CT molecular complexity index is 2800. The zero-order valence-corrected chi connectivity index (χ0v) is 55.6. The van der Waals surface area contributed by atoms with Gasteiger partial charge in [-0.15, -0.1) is 0 Å². The number of aliphatic hydroxyl groups excluding tert-OH is 4. The van der Waals surface area contributed by atoms with Crippen LogP contribution in [0, 0.1) is 0 Å². The van der Waals surface area contributed by atoms with E-state index in [1.807, 2.05) is 107 Å². The van der Waals surface area contributed by atoms with Crippen LogP contribution in [0.5, 0.6) is 0 Å². The molecule has 464 valence electrons. The quantitative estimate of drug-likeness (QED) is 0.0615. The lowest BCUT2D eigenvalue weighted by Crippen LogP contribution is -2.53. The third-order valence-corrected chi connectivity index (χ3v) is 15.1. The molecule has 4 N–H and O–H groups in total. The molecule has 85 heavy (non-hydrogen) atoms. The number of carbonyl (C=O) groups is 4. The lowest BCUT2D eigenvalue weighted by molar-refractivity contribution is -0.435. The summed E-state index contributed by atoms with van der Waals surface area (Å²) in [5.74, 6) is -7.01. The summed E-state index contributed by atoms with van der Waals surface area (Å²) >= 11 is 0. The number of esters is 4. The molecule has 4 unspecified atom stereocenters. The Hall–Kier alpha value is -6.44. The van der Waals surface area contributed by atoms with Gasteiger partial charge in [0, 0.05) is 0 Å². The molecule has 4 atom stereocenters. The van der Waals surface area contributed by atoms with Crippen LogP contribution in [0.15, 0.2) is 99.1 Å². The highest BCUT2D eigenvalue weighted by Gasteiger charge is 2.54. The summed E-state index contributed by atoms with van der Waals surface area (Å²) in [7, 11) is 0. The molecule has 12 heteroatoms. The fourth-order valence-corrected chi connectivity index (χ4v) is 10.1. The minimum Gasteiger partial charge on any atom is -0.377 e. The minimum absolute atomic E-state index is 0.237. The lowest BCUT2D eigenvalue weighted by Gasteiger charge is -2.33. The first-order valence-electron chi connectivity index (χ1n) is 29.2. The van der Waals surface area contributed by atoms with Crippen LogP contribution in [-0.2, 0) is 81.4 Å². The Morgan fingerprint density at radius 1 is 0.282 bits per heavy atom. The van der Waals surface area contributed by atoms with Crippen molar-refractivity contribution in [2.24, 2.45) is 0 Å². The topological polar surface area (TPSA) is 186 Å². The van der Waals surface area contributed by atoms with Crippen LogP contribution in [0.4, 0.5) is 0 Å². The van der Waals surface area contributed by atoms with E-state index in [0.29, 0.717) is 0 Å². The number of hydrogen-bond acceptors (Lipinski definition) is 12. The van der Waals surface area contributed by atoms with E-state index in [2.05, 4.69) is 109 Å². The molecule has 0 amide bonds. The smallest absolute Gasteiger partial charge is 0.377 e. The zero-order valence-electron chi connectivity index (χ0n) is 55.6. The molecule has 4 aromatic carbocycles. The van der Waals surface area contributed by atoms with Crippen molar-refractivity contribution in [2.45, 2.75) is 240 Å². The van der Waals surface area contributed by atoms with Gasteiger partial charge >= 0.3 is 30.0 Å². The van der Waals surface area contributed by atoms with Crippen LogP contribution >= 0.6 is 0 Å². The summed E-state index contributed by atoms with van der Waals surface area (Å²) in [5.41, 5.74) is 4.59. The molecule has 0 bridgehead atoms. The van der Waals surface area contributed by atoms with Crippen molar-refractivity contribution in [3.8, 4) is 0 Å². The summed E-state index contributed by atoms with van der Waals surface area (Å²) in [6.07, 6.45) is -13.6. The molecule has 0 heterocycles. The van der Waals surface area contributed by atoms with Gasteiger partial charge in [-0.25, -0.2) is 19.2 Å². The largest absolute Gasteiger partial charge is 0.620 e. The zero-order chi connectivity index (χ0) is 65.7. The second-order valence-corrected chi connectivity index (χ2v) is 30.9. The van der Waals surface area contributed by atoms with E-state index in [9.17, 15) is 39.6 Å². The van der Waals surface area contributed by atoms with Crippen molar-refractivity contribution < 1.29 is 58.6 Å². The van der Waals surface area contributed by atoms with E-state index in [0.717, 1.165) is 44.5 Å². The van der Waals surface area contributed by atoms with Gasteiger partial charge in [0.25, 0.3) is 0 Å². The van der Waals surface area contributed by atoms with E-state index in [1.165, 1.54) is 0 Å². The van der Waals surface area contributed by atoms with Gasteiger partial charge in [-0.3, -0.25) is 0 Å². The fourth-order valence-electron chi connectivity index (χ4n) is 10.1. The summed E-state index contributed by atoms with van der Waals surface area (Å²) in [6.45, 7) is 64.9. The maximum absolute atomic E-state index is 14.8. The van der Waals surface area contributed by atoms with E-state index in [-0.39, 0.29) is 66.2 Å². The van der Waals surface area contributed by atoms with Crippen LogP contribution in [0.3, 0.4) is 0 Å². The van der Waals surface area contributed by atoms with Crippen molar-refractivity contribution in [1.82, 2.24) is 0 Å². The predicted molar refractivity (Wildman–Crippen MR) is 343 cm³/mol. The average Bonchev–Trinajstić information content (AvgIpc) is 3.54. The maximum atomic E-state index is 14.8. The molecule has 0 radical (unpaired) electrons. The molecule has 0 aliphatic rings. The third-order valence-electron chi connectivity index (χ3n) is 15.1. The lowest BCUT2D eigenvalue weighted by atomic mass is 9.74. The molecule has 0 fully saturated rings. The maximum Gasteiger partial charge on any atom is 0.620 e. The average molecular weight is 1170 g/mol. The second kappa shape index (κ2) is 24.7. The minimum atomic E-state index is -4.09. The van der Waals surface area contributed by atoms with Gasteiger partial charge in [0.15, 0.2) is 24.4 Å². The molecular formula is C73H100O12. The van der Waals surface area contributed by atoms with Crippen LogP contribution in [-0.4, -0.2) is 74.9 Å². The van der Waals surface area contributed by atoms with Gasteiger partial charge in [0.2, 0.25) is 0 Å². The van der Waals surface area contributed by atoms with Gasteiger partial charge in [0.05, 0.1) is 0 Å². The van der Waals surface area contributed by atoms with Crippen LogP contribution in [0.1, 0.15) is 233 Å². The first-order valence-corrected chi connectivity index (χ1v) is 29.2. The van der Waals surface area contributed by atoms with Crippen molar-refractivity contribution in [3.63, 3.8) is 0 Å². The first kappa shape index (κ1) is 71.0. The van der Waals surface area contributed by atoms with Crippen molar-refractivity contribution in [1.29, 1.82) is 0 Å². The summed E-state index contributed by atoms with van der Waals surface area (Å²) < 4.78 is 22.7. The number of benzene rings is 4. The number of hydrogen-bond donors (Lipinski definition) is 4. The van der Waals surface area contributed by atoms with Gasteiger partial charge < -0.3 is 39.4 Å². The van der Waals surface area contributed by atoms with Gasteiger partial charge in [-0.1, -0.05) is 265 Å². The van der Waals surface area contributed by atoms with E-state index < -0.39 is 76.1 Å². The highest BCUT2D eigenvalue weighted by Crippen LogP contribution is 2.41. The number of carbonyl (C=O) groups excluding carboxylic acids is 4. The Morgan fingerprint density at radius 2 is 0.424 bits per heavy atom. The normalized spacial score (nSPS) is 15.1. The Morgan fingerprint density at radius 3 is 0.553 bits per heavy atom.